The van der Waals surface area contributed by atoms with Crippen LogP contribution >= 0.6 is 46.1 Å². The first-order valence-corrected chi connectivity index (χ1v) is 14.3. The molecular formula is C30H23Cl3N2O4S. The summed E-state index contributed by atoms with van der Waals surface area (Å²) in [5, 5.41) is 1.17. The predicted molar refractivity (Wildman–Crippen MR) is 159 cm³/mol. The average Bonchev–Trinajstić information content (AvgIpc) is 3.26. The minimum Gasteiger partial charge on any atom is -0.486 e. The maximum Gasteiger partial charge on any atom is 0.338 e. The Labute approximate surface area is 249 Å². The normalized spacial score (nSPS) is 15.0. The van der Waals surface area contributed by atoms with Crippen LogP contribution in [0.1, 0.15) is 36.1 Å². The second-order valence-corrected chi connectivity index (χ2v) is 11.1. The van der Waals surface area contributed by atoms with Crippen molar-refractivity contribution in [3.05, 3.63) is 129 Å². The molecule has 0 aliphatic carbocycles. The Kier molecular flexibility index (Phi) is 8.47. The molecule has 0 saturated heterocycles. The smallest absolute Gasteiger partial charge is 0.338 e. The Morgan fingerprint density at radius 1 is 1.02 bits per heavy atom. The Bertz CT molecular complexity index is 1790. The van der Waals surface area contributed by atoms with Crippen molar-refractivity contribution in [1.82, 2.24) is 4.57 Å². The van der Waals surface area contributed by atoms with Gasteiger partial charge in [0, 0.05) is 10.6 Å². The quantitative estimate of drug-likeness (QED) is 0.228. The lowest BCUT2D eigenvalue weighted by atomic mass is 9.95. The first-order valence-electron chi connectivity index (χ1n) is 12.4. The fourth-order valence-corrected chi connectivity index (χ4v) is 6.36. The lowest BCUT2D eigenvalue weighted by molar-refractivity contribution is -0.136. The lowest BCUT2D eigenvalue weighted by Gasteiger charge is -2.25. The molecule has 0 saturated carbocycles. The zero-order valence-corrected chi connectivity index (χ0v) is 24.6. The molecule has 4 aromatic rings. The number of nitrogens with zero attached hydrogens (tertiary/aromatic N) is 2. The highest BCUT2D eigenvalue weighted by molar-refractivity contribution is 7.07. The van der Waals surface area contributed by atoms with Gasteiger partial charge in [-0.1, -0.05) is 102 Å². The molecule has 10 heteroatoms. The van der Waals surface area contributed by atoms with Crippen molar-refractivity contribution in [2.24, 2.45) is 4.99 Å². The molecule has 6 nitrogen and oxygen atoms in total. The summed E-state index contributed by atoms with van der Waals surface area (Å²) in [6.07, 6.45) is 2.20. The van der Waals surface area contributed by atoms with Gasteiger partial charge < -0.3 is 9.47 Å². The highest BCUT2D eigenvalue weighted by atomic mass is 35.5. The molecule has 0 unspecified atom stereocenters. The maximum absolute atomic E-state index is 13.8. The number of aromatic nitrogens is 1. The second kappa shape index (κ2) is 12.0. The number of thiazole rings is 1. The molecule has 204 valence electrons. The van der Waals surface area contributed by atoms with Gasteiger partial charge in [-0.15, -0.1) is 0 Å². The minimum absolute atomic E-state index is 0.193. The lowest BCUT2D eigenvalue weighted by Crippen LogP contribution is -2.40. The summed E-state index contributed by atoms with van der Waals surface area (Å²) in [6, 6.07) is 19.4. The van der Waals surface area contributed by atoms with E-state index in [0.717, 1.165) is 11.1 Å². The van der Waals surface area contributed by atoms with E-state index >= 15 is 0 Å². The van der Waals surface area contributed by atoms with Crippen LogP contribution in [0.3, 0.4) is 0 Å². The van der Waals surface area contributed by atoms with Gasteiger partial charge in [-0.2, -0.15) is 0 Å². The van der Waals surface area contributed by atoms with Crippen molar-refractivity contribution in [2.75, 3.05) is 7.11 Å². The van der Waals surface area contributed by atoms with Crippen LogP contribution in [0, 0.1) is 0 Å². The summed E-state index contributed by atoms with van der Waals surface area (Å²) in [5.41, 5.74) is 2.83. The van der Waals surface area contributed by atoms with Crippen molar-refractivity contribution >= 4 is 58.2 Å². The van der Waals surface area contributed by atoms with E-state index in [1.807, 2.05) is 55.5 Å². The van der Waals surface area contributed by atoms with E-state index in [1.54, 1.807) is 28.8 Å². The molecule has 0 spiro atoms. The van der Waals surface area contributed by atoms with Crippen molar-refractivity contribution < 1.29 is 14.3 Å². The van der Waals surface area contributed by atoms with Crippen molar-refractivity contribution in [3.63, 3.8) is 0 Å². The number of allylic oxidation sites excluding steroid dienone is 1. The number of methoxy groups -OCH3 is 1. The fourth-order valence-electron chi connectivity index (χ4n) is 4.53. The average molecular weight is 614 g/mol. The molecule has 0 bridgehead atoms. The van der Waals surface area contributed by atoms with Crippen molar-refractivity contribution in [1.29, 1.82) is 0 Å². The van der Waals surface area contributed by atoms with Gasteiger partial charge in [0.1, 0.15) is 6.61 Å². The summed E-state index contributed by atoms with van der Waals surface area (Å²) in [7, 11) is 1.32. The number of ether oxygens (including phenoxy) is 2. The largest absolute Gasteiger partial charge is 0.486 e. The minimum atomic E-state index is -0.672. The number of halogens is 3. The maximum atomic E-state index is 13.8. The molecule has 2 heterocycles. The van der Waals surface area contributed by atoms with Gasteiger partial charge in [0.25, 0.3) is 5.56 Å². The second-order valence-electron chi connectivity index (χ2n) is 8.89. The van der Waals surface area contributed by atoms with Crippen LogP contribution < -0.4 is 19.6 Å². The molecule has 0 radical (unpaired) electrons. The van der Waals surface area contributed by atoms with Crippen LogP contribution in [0.4, 0.5) is 0 Å². The van der Waals surface area contributed by atoms with Crippen molar-refractivity contribution in [3.8, 4) is 5.75 Å². The van der Waals surface area contributed by atoms with E-state index in [4.69, 9.17) is 44.3 Å². The predicted octanol–water partition coefficient (Wildman–Crippen LogP) is 6.34. The summed E-state index contributed by atoms with van der Waals surface area (Å²) in [4.78, 5) is 31.9. The third-order valence-corrected chi connectivity index (χ3v) is 8.33. The molecule has 0 amide bonds. The Hall–Kier alpha value is -3.36. The van der Waals surface area contributed by atoms with Gasteiger partial charge in [-0.25, -0.2) is 9.79 Å². The van der Waals surface area contributed by atoms with Gasteiger partial charge in [0.2, 0.25) is 0 Å². The van der Waals surface area contributed by atoms with Crippen LogP contribution in [0.15, 0.2) is 87.8 Å². The number of hydrogen-bond donors (Lipinski definition) is 0. The molecule has 5 rings (SSSR count). The monoisotopic (exact) mass is 612 g/mol. The first-order chi connectivity index (χ1) is 19.3. The standard InChI is InChI=1S/C30H23Cl3N2O4S/c1-3-23-25(29(37)38-2)26(18-9-5-4-6-10-18)35-28(36)24(40-30(35)34-23)15-17-13-21(32)27(22(33)14-17)39-16-19-11-7-8-12-20(19)31/h4-15,26H,3,16H2,1-2H3/b24-15-/t26-/m0/s1. The van der Waals surface area contributed by atoms with Crippen LogP contribution in [0.2, 0.25) is 15.1 Å². The van der Waals surface area contributed by atoms with E-state index in [2.05, 4.69) is 4.99 Å². The highest BCUT2D eigenvalue weighted by Crippen LogP contribution is 2.36. The first kappa shape index (κ1) is 28.2. The SMILES string of the molecule is CCC1=C(C(=O)OC)[C@H](c2ccccc2)n2c(s/c(=C\c3cc(Cl)c(OCc4ccccc4Cl)c(Cl)c3)c2=O)=N1. The number of rotatable bonds is 7. The topological polar surface area (TPSA) is 69.9 Å². The van der Waals surface area contributed by atoms with Gasteiger partial charge in [0.15, 0.2) is 10.6 Å². The zero-order chi connectivity index (χ0) is 28.4. The van der Waals surface area contributed by atoms with Crippen LogP contribution in [0.25, 0.3) is 6.08 Å². The number of fused-ring (bicyclic) bond motifs is 1. The molecule has 0 fully saturated rings. The molecule has 1 atom stereocenters. The fraction of sp³-hybridized carbons (Fsp3) is 0.167. The molecule has 1 aliphatic rings. The number of benzene rings is 3. The van der Waals surface area contributed by atoms with Gasteiger partial charge in [0.05, 0.1) is 39.0 Å². The van der Waals surface area contributed by atoms with E-state index in [1.165, 1.54) is 18.4 Å². The molecule has 1 aromatic heterocycles. The van der Waals surface area contributed by atoms with E-state index in [9.17, 15) is 9.59 Å². The van der Waals surface area contributed by atoms with E-state index in [-0.39, 0.29) is 12.2 Å². The Morgan fingerprint density at radius 3 is 2.35 bits per heavy atom. The van der Waals surface area contributed by atoms with Gasteiger partial charge in [-0.05, 0) is 41.8 Å². The number of esters is 1. The third-order valence-electron chi connectivity index (χ3n) is 6.41. The summed E-state index contributed by atoms with van der Waals surface area (Å²) in [6.45, 7) is 2.11. The summed E-state index contributed by atoms with van der Waals surface area (Å²) >= 11 is 20.5. The number of carbonyl (C=O) groups is 1. The number of hydrogen-bond acceptors (Lipinski definition) is 6. The summed E-state index contributed by atoms with van der Waals surface area (Å²) in [5.74, 6) is -0.198. The third kappa shape index (κ3) is 5.47. The van der Waals surface area contributed by atoms with Gasteiger partial charge >= 0.3 is 5.97 Å². The van der Waals surface area contributed by atoms with Crippen LogP contribution in [-0.2, 0) is 16.1 Å². The molecular weight excluding hydrogens is 591 g/mol. The summed E-state index contributed by atoms with van der Waals surface area (Å²) < 4.78 is 12.9. The van der Waals surface area contributed by atoms with Crippen molar-refractivity contribution in [2.45, 2.75) is 26.0 Å². The molecule has 40 heavy (non-hydrogen) atoms. The Morgan fingerprint density at radius 2 is 1.70 bits per heavy atom. The molecule has 0 N–H and O–H groups in total. The highest BCUT2D eigenvalue weighted by Gasteiger charge is 2.33. The van der Waals surface area contributed by atoms with Crippen LogP contribution in [-0.4, -0.2) is 17.6 Å². The molecule has 3 aromatic carbocycles. The van der Waals surface area contributed by atoms with Gasteiger partial charge in [-0.3, -0.25) is 9.36 Å². The van der Waals surface area contributed by atoms with E-state index < -0.39 is 12.0 Å². The Balaban J connectivity index is 1.57. The van der Waals surface area contributed by atoms with E-state index in [0.29, 0.717) is 53.4 Å². The van der Waals surface area contributed by atoms with Crippen LogP contribution in [0.5, 0.6) is 5.75 Å². The molecule has 1 aliphatic heterocycles. The number of carbonyl (C=O) groups excluding carboxylic acids is 1. The zero-order valence-electron chi connectivity index (χ0n) is 21.5.